The second-order valence-corrected chi connectivity index (χ2v) is 3.17. The lowest BCUT2D eigenvalue weighted by atomic mass is 10.3. The fourth-order valence-electron chi connectivity index (χ4n) is 1.19. The summed E-state index contributed by atoms with van der Waals surface area (Å²) in [6.45, 7) is 1.81. The Morgan fingerprint density at radius 3 is 2.94 bits per heavy atom. The van der Waals surface area contributed by atoms with Gasteiger partial charge in [-0.2, -0.15) is 0 Å². The molecular formula is C9H9N5O2. The first-order valence-electron chi connectivity index (χ1n) is 4.54. The molecule has 0 radical (unpaired) electrons. The van der Waals surface area contributed by atoms with E-state index in [4.69, 9.17) is 0 Å². The number of rotatable bonds is 2. The van der Waals surface area contributed by atoms with E-state index in [0.29, 0.717) is 5.69 Å². The number of aromatic amines is 2. The summed E-state index contributed by atoms with van der Waals surface area (Å²) in [7, 11) is 0. The lowest BCUT2D eigenvalue weighted by molar-refractivity contribution is 0.101. The molecule has 0 fully saturated rings. The van der Waals surface area contributed by atoms with Crippen molar-refractivity contribution in [2.75, 3.05) is 5.32 Å². The van der Waals surface area contributed by atoms with E-state index in [1.54, 1.807) is 18.3 Å². The first kappa shape index (κ1) is 10.1. The number of carbonyl (C=O) groups is 1. The molecule has 82 valence electrons. The first-order chi connectivity index (χ1) is 7.65. The lowest BCUT2D eigenvalue weighted by Gasteiger charge is -2.02. The fourth-order valence-corrected chi connectivity index (χ4v) is 1.19. The molecule has 0 unspecified atom stereocenters. The molecule has 0 bridgehead atoms. The summed E-state index contributed by atoms with van der Waals surface area (Å²) in [4.78, 5) is 28.5. The molecule has 2 rings (SSSR count). The van der Waals surface area contributed by atoms with Crippen LogP contribution in [-0.2, 0) is 0 Å². The highest BCUT2D eigenvalue weighted by Crippen LogP contribution is 2.07. The SMILES string of the molecule is Cc1cc(NC(=O)c2n[nH]c(=O)[nH]2)ccn1. The predicted octanol–water partition coefficient (Wildman–Crippen LogP) is 0.0537. The van der Waals surface area contributed by atoms with Crippen molar-refractivity contribution in [1.82, 2.24) is 20.2 Å². The van der Waals surface area contributed by atoms with Crippen LogP contribution in [0.3, 0.4) is 0 Å². The molecule has 2 heterocycles. The van der Waals surface area contributed by atoms with E-state index in [-0.39, 0.29) is 5.82 Å². The number of aromatic nitrogens is 4. The maximum Gasteiger partial charge on any atom is 0.341 e. The minimum Gasteiger partial charge on any atom is -0.319 e. The summed E-state index contributed by atoms with van der Waals surface area (Å²) in [6, 6.07) is 3.36. The Balaban J connectivity index is 2.16. The summed E-state index contributed by atoms with van der Waals surface area (Å²) < 4.78 is 0. The van der Waals surface area contributed by atoms with Gasteiger partial charge < -0.3 is 5.32 Å². The Hall–Kier alpha value is -2.44. The third-order valence-corrected chi connectivity index (χ3v) is 1.87. The average Bonchev–Trinajstić information content (AvgIpc) is 2.65. The minimum absolute atomic E-state index is 0.0561. The number of anilines is 1. The zero-order valence-electron chi connectivity index (χ0n) is 8.44. The Bertz CT molecular complexity index is 571. The predicted molar refractivity (Wildman–Crippen MR) is 56.1 cm³/mol. The number of hydrogen-bond acceptors (Lipinski definition) is 4. The molecule has 0 aliphatic rings. The standard InChI is InChI=1S/C9H9N5O2/c1-5-4-6(2-3-10-5)11-8(15)7-12-9(16)14-13-7/h2-4H,1H3,(H,10,11,15)(H2,12,13,14,16). The molecule has 2 aromatic heterocycles. The zero-order valence-corrected chi connectivity index (χ0v) is 8.44. The van der Waals surface area contributed by atoms with E-state index in [2.05, 4.69) is 25.5 Å². The molecule has 7 nitrogen and oxygen atoms in total. The number of nitrogens with one attached hydrogen (secondary N) is 3. The van der Waals surface area contributed by atoms with Crippen LogP contribution in [0.4, 0.5) is 5.69 Å². The van der Waals surface area contributed by atoms with Crippen LogP contribution in [0.5, 0.6) is 0 Å². The fraction of sp³-hybridized carbons (Fsp3) is 0.111. The van der Waals surface area contributed by atoms with Crippen molar-refractivity contribution in [2.45, 2.75) is 6.92 Å². The van der Waals surface area contributed by atoms with Gasteiger partial charge in [0, 0.05) is 17.6 Å². The highest BCUT2D eigenvalue weighted by atomic mass is 16.2. The normalized spacial score (nSPS) is 10.1. The average molecular weight is 219 g/mol. The molecule has 1 amide bonds. The van der Waals surface area contributed by atoms with Crippen molar-refractivity contribution in [2.24, 2.45) is 0 Å². The number of pyridine rings is 1. The monoisotopic (exact) mass is 219 g/mol. The van der Waals surface area contributed by atoms with E-state index in [1.165, 1.54) is 0 Å². The van der Waals surface area contributed by atoms with Crippen LogP contribution >= 0.6 is 0 Å². The smallest absolute Gasteiger partial charge is 0.319 e. The minimum atomic E-state index is -0.518. The third kappa shape index (κ3) is 2.14. The van der Waals surface area contributed by atoms with Gasteiger partial charge in [0.05, 0.1) is 0 Å². The maximum absolute atomic E-state index is 11.6. The number of H-pyrrole nitrogens is 2. The van der Waals surface area contributed by atoms with Gasteiger partial charge >= 0.3 is 5.69 Å². The van der Waals surface area contributed by atoms with Crippen LogP contribution in [0.1, 0.15) is 16.3 Å². The van der Waals surface area contributed by atoms with Gasteiger partial charge in [-0.3, -0.25) is 14.8 Å². The molecule has 0 aliphatic heterocycles. The second kappa shape index (κ2) is 3.97. The topological polar surface area (TPSA) is 104 Å². The molecular weight excluding hydrogens is 210 g/mol. The Labute approximate surface area is 89.9 Å². The van der Waals surface area contributed by atoms with Crippen molar-refractivity contribution in [3.63, 3.8) is 0 Å². The quantitative estimate of drug-likeness (QED) is 0.664. The second-order valence-electron chi connectivity index (χ2n) is 3.17. The highest BCUT2D eigenvalue weighted by molar-refractivity contribution is 6.01. The van der Waals surface area contributed by atoms with E-state index >= 15 is 0 Å². The van der Waals surface area contributed by atoms with E-state index in [0.717, 1.165) is 5.69 Å². The zero-order chi connectivity index (χ0) is 11.5. The summed E-state index contributed by atoms with van der Waals surface area (Å²) in [5.41, 5.74) is 0.866. The number of aryl methyl sites for hydroxylation is 1. The molecule has 0 saturated carbocycles. The highest BCUT2D eigenvalue weighted by Gasteiger charge is 2.09. The molecule has 2 aromatic rings. The first-order valence-corrected chi connectivity index (χ1v) is 4.54. The van der Waals surface area contributed by atoms with Gasteiger partial charge in [0.25, 0.3) is 5.91 Å². The van der Waals surface area contributed by atoms with Gasteiger partial charge in [0.2, 0.25) is 5.82 Å². The number of hydrogen-bond donors (Lipinski definition) is 3. The van der Waals surface area contributed by atoms with Crippen LogP contribution in [0, 0.1) is 6.92 Å². The summed E-state index contributed by atoms with van der Waals surface area (Å²) in [5, 5.41) is 8.21. The van der Waals surface area contributed by atoms with Gasteiger partial charge in [-0.05, 0) is 19.1 Å². The van der Waals surface area contributed by atoms with Crippen LogP contribution < -0.4 is 11.0 Å². The van der Waals surface area contributed by atoms with E-state index in [1.807, 2.05) is 6.92 Å². The summed E-state index contributed by atoms with van der Waals surface area (Å²) in [5.74, 6) is -0.539. The number of amides is 1. The molecule has 0 atom stereocenters. The molecule has 0 spiro atoms. The Morgan fingerprint density at radius 2 is 2.31 bits per heavy atom. The van der Waals surface area contributed by atoms with Crippen molar-refractivity contribution >= 4 is 11.6 Å². The van der Waals surface area contributed by atoms with Crippen LogP contribution in [0.25, 0.3) is 0 Å². The van der Waals surface area contributed by atoms with Gasteiger partial charge in [0.1, 0.15) is 0 Å². The molecule has 7 heteroatoms. The lowest BCUT2D eigenvalue weighted by Crippen LogP contribution is -2.15. The van der Waals surface area contributed by atoms with E-state index in [9.17, 15) is 9.59 Å². The summed E-state index contributed by atoms with van der Waals surface area (Å²) in [6.07, 6.45) is 1.58. The van der Waals surface area contributed by atoms with Crippen molar-refractivity contribution in [3.8, 4) is 0 Å². The van der Waals surface area contributed by atoms with E-state index < -0.39 is 11.6 Å². The maximum atomic E-state index is 11.6. The molecule has 0 aliphatic carbocycles. The van der Waals surface area contributed by atoms with Crippen molar-refractivity contribution < 1.29 is 4.79 Å². The number of carbonyl (C=O) groups excluding carboxylic acids is 1. The molecule has 0 saturated heterocycles. The molecule has 16 heavy (non-hydrogen) atoms. The molecule has 3 N–H and O–H groups in total. The Kier molecular flexibility index (Phi) is 2.50. The van der Waals surface area contributed by atoms with Crippen LogP contribution in [0.15, 0.2) is 23.1 Å². The van der Waals surface area contributed by atoms with Gasteiger partial charge in [0.15, 0.2) is 0 Å². The van der Waals surface area contributed by atoms with Crippen LogP contribution in [-0.4, -0.2) is 26.1 Å². The van der Waals surface area contributed by atoms with Gasteiger partial charge in [-0.25, -0.2) is 9.89 Å². The largest absolute Gasteiger partial charge is 0.341 e. The number of nitrogens with zero attached hydrogens (tertiary/aromatic N) is 2. The van der Waals surface area contributed by atoms with Crippen molar-refractivity contribution in [1.29, 1.82) is 0 Å². The van der Waals surface area contributed by atoms with Crippen LogP contribution in [0.2, 0.25) is 0 Å². The molecule has 0 aromatic carbocycles. The van der Waals surface area contributed by atoms with Gasteiger partial charge in [-0.1, -0.05) is 0 Å². The summed E-state index contributed by atoms with van der Waals surface area (Å²) >= 11 is 0. The third-order valence-electron chi connectivity index (χ3n) is 1.87. The van der Waals surface area contributed by atoms with Gasteiger partial charge in [-0.15, -0.1) is 5.10 Å². The van der Waals surface area contributed by atoms with Crippen molar-refractivity contribution in [3.05, 3.63) is 40.3 Å². The Morgan fingerprint density at radius 1 is 1.50 bits per heavy atom.